The summed E-state index contributed by atoms with van der Waals surface area (Å²) >= 11 is 11.8. The number of anilines is 2. The highest BCUT2D eigenvalue weighted by Gasteiger charge is 2.09. The average molecular weight is 325 g/mol. The molecule has 4 nitrogen and oxygen atoms in total. The molecule has 0 aliphatic rings. The zero-order valence-corrected chi connectivity index (χ0v) is 12.8. The lowest BCUT2D eigenvalue weighted by Gasteiger charge is -2.11. The van der Waals surface area contributed by atoms with Crippen LogP contribution in [0.5, 0.6) is 5.75 Å². The zero-order valence-electron chi connectivity index (χ0n) is 11.3. The molecule has 0 fully saturated rings. The number of methoxy groups -OCH3 is 1. The quantitative estimate of drug-likeness (QED) is 0.841. The van der Waals surface area contributed by atoms with Crippen molar-refractivity contribution in [3.05, 3.63) is 52.0 Å². The van der Waals surface area contributed by atoms with Crippen LogP contribution in [0.3, 0.4) is 0 Å². The molecule has 0 aliphatic heterocycles. The Morgan fingerprint density at radius 3 is 2.62 bits per heavy atom. The topological polar surface area (TPSA) is 64.3 Å². The van der Waals surface area contributed by atoms with Gasteiger partial charge in [-0.1, -0.05) is 29.3 Å². The summed E-state index contributed by atoms with van der Waals surface area (Å²) in [6.07, 6.45) is 0.185. The van der Waals surface area contributed by atoms with Gasteiger partial charge in [0.2, 0.25) is 5.91 Å². The van der Waals surface area contributed by atoms with Crippen molar-refractivity contribution in [2.75, 3.05) is 18.2 Å². The van der Waals surface area contributed by atoms with Crippen LogP contribution in [0.25, 0.3) is 0 Å². The van der Waals surface area contributed by atoms with E-state index in [4.69, 9.17) is 33.7 Å². The predicted octanol–water partition coefficient (Wildman–Crippen LogP) is 3.77. The standard InChI is InChI=1S/C15H14Cl2N2O2/c1-21-14-8-10(18)3-5-13(14)19-15(20)7-9-2-4-11(16)12(17)6-9/h2-6,8H,7,18H2,1H3,(H,19,20). The second-order valence-corrected chi connectivity index (χ2v) is 5.25. The van der Waals surface area contributed by atoms with Crippen LogP contribution in [0.15, 0.2) is 36.4 Å². The zero-order chi connectivity index (χ0) is 15.4. The van der Waals surface area contributed by atoms with Crippen LogP contribution in [0.1, 0.15) is 5.56 Å². The van der Waals surface area contributed by atoms with Gasteiger partial charge in [-0.3, -0.25) is 4.79 Å². The summed E-state index contributed by atoms with van der Waals surface area (Å²) in [4.78, 5) is 12.1. The van der Waals surface area contributed by atoms with Crippen molar-refractivity contribution >= 4 is 40.5 Å². The van der Waals surface area contributed by atoms with Gasteiger partial charge in [-0.05, 0) is 29.8 Å². The number of hydrogen-bond acceptors (Lipinski definition) is 3. The van der Waals surface area contributed by atoms with Crippen LogP contribution in [0, 0.1) is 0 Å². The van der Waals surface area contributed by atoms with Gasteiger partial charge in [-0.2, -0.15) is 0 Å². The summed E-state index contributed by atoms with van der Waals surface area (Å²) in [5, 5.41) is 3.66. The fourth-order valence-electron chi connectivity index (χ4n) is 1.84. The van der Waals surface area contributed by atoms with Crippen LogP contribution in [-0.4, -0.2) is 13.0 Å². The molecule has 0 unspecified atom stereocenters. The third kappa shape index (κ3) is 4.03. The molecular formula is C15H14Cl2N2O2. The molecule has 2 aromatic rings. The number of ether oxygens (including phenoxy) is 1. The lowest BCUT2D eigenvalue weighted by molar-refractivity contribution is -0.115. The summed E-state index contributed by atoms with van der Waals surface area (Å²) < 4.78 is 5.18. The van der Waals surface area contributed by atoms with Crippen molar-refractivity contribution in [3.63, 3.8) is 0 Å². The first-order valence-corrected chi connectivity index (χ1v) is 6.92. The molecule has 2 aromatic carbocycles. The highest BCUT2D eigenvalue weighted by Crippen LogP contribution is 2.27. The molecule has 110 valence electrons. The van der Waals surface area contributed by atoms with Crippen LogP contribution in [0.4, 0.5) is 11.4 Å². The summed E-state index contributed by atoms with van der Waals surface area (Å²) in [6.45, 7) is 0. The fourth-order valence-corrected chi connectivity index (χ4v) is 2.16. The van der Waals surface area contributed by atoms with Crippen LogP contribution in [0.2, 0.25) is 10.0 Å². The van der Waals surface area contributed by atoms with Crippen molar-refractivity contribution < 1.29 is 9.53 Å². The normalized spacial score (nSPS) is 10.2. The predicted molar refractivity (Wildman–Crippen MR) is 86.2 cm³/mol. The molecule has 6 heteroatoms. The smallest absolute Gasteiger partial charge is 0.228 e. The first kappa shape index (κ1) is 15.5. The Kier molecular flexibility index (Phi) is 4.94. The Balaban J connectivity index is 2.09. The molecule has 0 aromatic heterocycles. The highest BCUT2D eigenvalue weighted by molar-refractivity contribution is 6.42. The third-order valence-electron chi connectivity index (χ3n) is 2.85. The molecule has 21 heavy (non-hydrogen) atoms. The van der Waals surface area contributed by atoms with Gasteiger partial charge in [-0.15, -0.1) is 0 Å². The Hall–Kier alpha value is -1.91. The van der Waals surface area contributed by atoms with E-state index in [0.717, 1.165) is 5.56 Å². The number of benzene rings is 2. The van der Waals surface area contributed by atoms with Gasteiger partial charge in [0.05, 0.1) is 29.3 Å². The Morgan fingerprint density at radius 1 is 1.19 bits per heavy atom. The van der Waals surface area contributed by atoms with Crippen molar-refractivity contribution in [2.24, 2.45) is 0 Å². The maximum Gasteiger partial charge on any atom is 0.228 e. The summed E-state index contributed by atoms with van der Waals surface area (Å²) in [7, 11) is 1.52. The second-order valence-electron chi connectivity index (χ2n) is 4.43. The number of carbonyl (C=O) groups is 1. The Bertz CT molecular complexity index is 675. The lowest BCUT2D eigenvalue weighted by atomic mass is 10.1. The van der Waals surface area contributed by atoms with E-state index in [2.05, 4.69) is 5.32 Å². The van der Waals surface area contributed by atoms with E-state index in [1.807, 2.05) is 0 Å². The molecule has 2 rings (SSSR count). The molecule has 0 saturated heterocycles. The molecule has 0 saturated carbocycles. The number of nitrogens with two attached hydrogens (primary N) is 1. The average Bonchev–Trinajstić information content (AvgIpc) is 2.44. The van der Waals surface area contributed by atoms with Crippen molar-refractivity contribution in [3.8, 4) is 5.75 Å². The molecule has 0 aliphatic carbocycles. The number of nitrogens with one attached hydrogen (secondary N) is 1. The number of halogens is 2. The number of amides is 1. The number of carbonyl (C=O) groups excluding carboxylic acids is 1. The molecule has 0 spiro atoms. The van der Waals surface area contributed by atoms with E-state index >= 15 is 0 Å². The largest absolute Gasteiger partial charge is 0.494 e. The van der Waals surface area contributed by atoms with Crippen LogP contribution < -0.4 is 15.8 Å². The van der Waals surface area contributed by atoms with E-state index in [0.29, 0.717) is 27.2 Å². The van der Waals surface area contributed by atoms with E-state index in [1.54, 1.807) is 36.4 Å². The highest BCUT2D eigenvalue weighted by atomic mass is 35.5. The maximum atomic E-state index is 12.1. The molecule has 0 radical (unpaired) electrons. The van der Waals surface area contributed by atoms with E-state index in [1.165, 1.54) is 7.11 Å². The molecular weight excluding hydrogens is 311 g/mol. The van der Waals surface area contributed by atoms with Gasteiger partial charge < -0.3 is 15.8 Å². The molecule has 0 bridgehead atoms. The molecule has 0 atom stereocenters. The van der Waals surface area contributed by atoms with Gasteiger partial charge in [0.1, 0.15) is 5.75 Å². The molecule has 3 N–H and O–H groups in total. The van der Waals surface area contributed by atoms with Crippen molar-refractivity contribution in [1.82, 2.24) is 0 Å². The Morgan fingerprint density at radius 2 is 1.95 bits per heavy atom. The van der Waals surface area contributed by atoms with Gasteiger partial charge in [0.25, 0.3) is 0 Å². The monoisotopic (exact) mass is 324 g/mol. The van der Waals surface area contributed by atoms with Gasteiger partial charge in [0, 0.05) is 11.8 Å². The molecule has 1 amide bonds. The fraction of sp³-hybridized carbons (Fsp3) is 0.133. The summed E-state index contributed by atoms with van der Waals surface area (Å²) in [6, 6.07) is 10.1. The number of hydrogen-bond donors (Lipinski definition) is 2. The lowest BCUT2D eigenvalue weighted by Crippen LogP contribution is -2.15. The van der Waals surface area contributed by atoms with Gasteiger partial charge >= 0.3 is 0 Å². The minimum absolute atomic E-state index is 0.184. The van der Waals surface area contributed by atoms with E-state index in [-0.39, 0.29) is 12.3 Å². The summed E-state index contributed by atoms with van der Waals surface area (Å²) in [5.41, 5.74) is 7.57. The van der Waals surface area contributed by atoms with Crippen molar-refractivity contribution in [1.29, 1.82) is 0 Å². The van der Waals surface area contributed by atoms with Crippen molar-refractivity contribution in [2.45, 2.75) is 6.42 Å². The first-order valence-electron chi connectivity index (χ1n) is 6.17. The third-order valence-corrected chi connectivity index (χ3v) is 3.59. The minimum atomic E-state index is -0.184. The second kappa shape index (κ2) is 6.70. The number of rotatable bonds is 4. The van der Waals surface area contributed by atoms with Crippen LogP contribution in [-0.2, 0) is 11.2 Å². The minimum Gasteiger partial charge on any atom is -0.494 e. The first-order chi connectivity index (χ1) is 9.99. The summed E-state index contributed by atoms with van der Waals surface area (Å²) in [5.74, 6) is 0.328. The molecule has 0 heterocycles. The Labute approximate surface area is 132 Å². The SMILES string of the molecule is COc1cc(N)ccc1NC(=O)Cc1ccc(Cl)c(Cl)c1. The van der Waals surface area contributed by atoms with Gasteiger partial charge in [-0.25, -0.2) is 0 Å². The van der Waals surface area contributed by atoms with Crippen LogP contribution >= 0.6 is 23.2 Å². The van der Waals surface area contributed by atoms with E-state index < -0.39 is 0 Å². The maximum absolute atomic E-state index is 12.1. The van der Waals surface area contributed by atoms with E-state index in [9.17, 15) is 4.79 Å². The van der Waals surface area contributed by atoms with Gasteiger partial charge in [0.15, 0.2) is 0 Å². The number of nitrogen functional groups attached to an aromatic ring is 1.